The molecule has 2 aliphatic rings. The molecule has 1 aromatic rings. The molecule has 1 aromatic carbocycles. The number of phenols is 1. The van der Waals surface area contributed by atoms with Crippen molar-refractivity contribution < 1.29 is 9.90 Å². The van der Waals surface area contributed by atoms with Gasteiger partial charge in [0, 0.05) is 4.90 Å². The van der Waals surface area contributed by atoms with E-state index in [0.29, 0.717) is 5.69 Å². The Labute approximate surface area is 91.9 Å². The summed E-state index contributed by atoms with van der Waals surface area (Å²) >= 11 is 1.60. The van der Waals surface area contributed by atoms with Crippen LogP contribution in [0.2, 0.25) is 0 Å². The molecule has 2 N–H and O–H groups in total. The van der Waals surface area contributed by atoms with Crippen LogP contribution in [-0.4, -0.2) is 15.8 Å². The molecule has 0 bridgehead atoms. The van der Waals surface area contributed by atoms with Gasteiger partial charge in [-0.25, -0.2) is 0 Å². The largest absolute Gasteiger partial charge is 0.506 e. The summed E-state index contributed by atoms with van der Waals surface area (Å²) in [6.07, 6.45) is 3.01. The topological polar surface area (TPSA) is 49.3 Å². The lowest BCUT2D eigenvalue weighted by molar-refractivity contribution is -0.120. The van der Waals surface area contributed by atoms with Crippen molar-refractivity contribution in [3.63, 3.8) is 0 Å². The summed E-state index contributed by atoms with van der Waals surface area (Å²) in [7, 11) is 0. The maximum Gasteiger partial charge on any atom is 0.241 e. The Morgan fingerprint density at radius 3 is 2.87 bits per heavy atom. The normalized spacial score (nSPS) is 21.7. The molecule has 3 nitrogen and oxygen atoms in total. The highest BCUT2D eigenvalue weighted by molar-refractivity contribution is 8.01. The Morgan fingerprint density at radius 1 is 1.40 bits per heavy atom. The zero-order chi connectivity index (χ0) is 10.5. The standard InChI is InChI=1S/C11H11NO2S/c13-7-3-1-4-8-9(7)12-10(14)11(15-8)5-2-6-11/h1,3-4,13H,2,5-6H2,(H,12,14). The number of carbonyl (C=O) groups is 1. The zero-order valence-electron chi connectivity index (χ0n) is 8.12. The lowest BCUT2D eigenvalue weighted by Crippen LogP contribution is -2.47. The van der Waals surface area contributed by atoms with Crippen molar-refractivity contribution in [1.82, 2.24) is 0 Å². The molecule has 15 heavy (non-hydrogen) atoms. The summed E-state index contributed by atoms with van der Waals surface area (Å²) in [4.78, 5) is 12.9. The van der Waals surface area contributed by atoms with E-state index in [1.165, 1.54) is 0 Å². The molecule has 0 saturated heterocycles. The van der Waals surface area contributed by atoms with Crippen LogP contribution in [0.25, 0.3) is 0 Å². The van der Waals surface area contributed by atoms with E-state index < -0.39 is 0 Å². The van der Waals surface area contributed by atoms with Gasteiger partial charge < -0.3 is 10.4 Å². The molecule has 78 valence electrons. The number of hydrogen-bond acceptors (Lipinski definition) is 3. The lowest BCUT2D eigenvalue weighted by atomic mass is 9.83. The van der Waals surface area contributed by atoms with Crippen molar-refractivity contribution >= 4 is 23.4 Å². The lowest BCUT2D eigenvalue weighted by Gasteiger charge is -2.42. The minimum atomic E-state index is -0.249. The second kappa shape index (κ2) is 2.92. The monoisotopic (exact) mass is 221 g/mol. The third-order valence-corrected chi connectivity index (χ3v) is 4.67. The first kappa shape index (κ1) is 9.09. The fourth-order valence-electron chi connectivity index (χ4n) is 2.04. The molecule has 1 aliphatic carbocycles. The van der Waals surface area contributed by atoms with Gasteiger partial charge in [0.25, 0.3) is 0 Å². The number of para-hydroxylation sites is 1. The number of fused-ring (bicyclic) bond motifs is 1. The summed E-state index contributed by atoms with van der Waals surface area (Å²) < 4.78 is -0.249. The first-order valence-electron chi connectivity index (χ1n) is 5.04. The number of benzene rings is 1. The van der Waals surface area contributed by atoms with Gasteiger partial charge in [0.1, 0.15) is 5.75 Å². The summed E-state index contributed by atoms with van der Waals surface area (Å²) in [5.74, 6) is 0.204. The first-order chi connectivity index (χ1) is 7.21. The van der Waals surface area contributed by atoms with Crippen LogP contribution in [0.5, 0.6) is 5.75 Å². The third kappa shape index (κ3) is 1.17. The van der Waals surface area contributed by atoms with E-state index in [2.05, 4.69) is 5.32 Å². The number of amides is 1. The fourth-order valence-corrected chi connectivity index (χ4v) is 3.50. The van der Waals surface area contributed by atoms with Gasteiger partial charge in [0.15, 0.2) is 0 Å². The highest BCUT2D eigenvalue weighted by atomic mass is 32.2. The van der Waals surface area contributed by atoms with Gasteiger partial charge in [-0.1, -0.05) is 6.07 Å². The first-order valence-corrected chi connectivity index (χ1v) is 5.85. The van der Waals surface area contributed by atoms with Gasteiger partial charge in [-0.05, 0) is 31.4 Å². The van der Waals surface area contributed by atoms with E-state index >= 15 is 0 Å². The number of anilines is 1. The summed E-state index contributed by atoms with van der Waals surface area (Å²) in [5, 5.41) is 12.4. The van der Waals surface area contributed by atoms with E-state index in [1.54, 1.807) is 17.8 Å². The molecule has 0 unspecified atom stereocenters. The Morgan fingerprint density at radius 2 is 2.20 bits per heavy atom. The van der Waals surface area contributed by atoms with Crippen molar-refractivity contribution in [2.75, 3.05) is 5.32 Å². The van der Waals surface area contributed by atoms with E-state index in [4.69, 9.17) is 0 Å². The average molecular weight is 221 g/mol. The smallest absolute Gasteiger partial charge is 0.241 e. The van der Waals surface area contributed by atoms with E-state index in [-0.39, 0.29) is 16.4 Å². The van der Waals surface area contributed by atoms with Gasteiger partial charge in [0.2, 0.25) is 5.91 Å². The van der Waals surface area contributed by atoms with Crippen LogP contribution >= 0.6 is 11.8 Å². The van der Waals surface area contributed by atoms with Crippen LogP contribution < -0.4 is 5.32 Å². The van der Waals surface area contributed by atoms with Crippen molar-refractivity contribution in [3.05, 3.63) is 18.2 Å². The molecular weight excluding hydrogens is 210 g/mol. The van der Waals surface area contributed by atoms with Crippen LogP contribution in [0, 0.1) is 0 Å². The van der Waals surface area contributed by atoms with Crippen LogP contribution in [0.4, 0.5) is 5.69 Å². The highest BCUT2D eigenvalue weighted by Crippen LogP contribution is 2.54. The molecule has 1 amide bonds. The van der Waals surface area contributed by atoms with Gasteiger partial charge in [0.05, 0.1) is 10.4 Å². The Kier molecular flexibility index (Phi) is 1.77. The molecule has 1 saturated carbocycles. The molecule has 1 heterocycles. The molecule has 1 spiro atoms. The van der Waals surface area contributed by atoms with Crippen LogP contribution in [0.3, 0.4) is 0 Å². The Bertz CT molecular complexity index is 440. The minimum Gasteiger partial charge on any atom is -0.506 e. The minimum absolute atomic E-state index is 0.0488. The molecule has 0 aromatic heterocycles. The van der Waals surface area contributed by atoms with Gasteiger partial charge >= 0.3 is 0 Å². The number of aromatic hydroxyl groups is 1. The van der Waals surface area contributed by atoms with E-state index in [9.17, 15) is 9.90 Å². The summed E-state index contributed by atoms with van der Waals surface area (Å²) in [6.45, 7) is 0. The molecule has 3 rings (SSSR count). The second-order valence-corrected chi connectivity index (χ2v) is 5.48. The second-order valence-electron chi connectivity index (χ2n) is 4.05. The van der Waals surface area contributed by atoms with Gasteiger partial charge in [-0.15, -0.1) is 11.8 Å². The van der Waals surface area contributed by atoms with Gasteiger partial charge in [-0.2, -0.15) is 0 Å². The molecule has 1 fully saturated rings. The molecule has 1 aliphatic heterocycles. The maximum absolute atomic E-state index is 11.9. The SMILES string of the molecule is O=C1Nc2c(O)cccc2SC12CCC2. The predicted octanol–water partition coefficient (Wildman–Crippen LogP) is 2.36. The number of thioether (sulfide) groups is 1. The highest BCUT2D eigenvalue weighted by Gasteiger charge is 2.48. The Hall–Kier alpha value is -1.16. The van der Waals surface area contributed by atoms with Crippen molar-refractivity contribution in [2.24, 2.45) is 0 Å². The van der Waals surface area contributed by atoms with Crippen LogP contribution in [0.15, 0.2) is 23.1 Å². The Balaban J connectivity index is 2.06. The quantitative estimate of drug-likeness (QED) is 0.661. The van der Waals surface area contributed by atoms with Crippen LogP contribution in [0.1, 0.15) is 19.3 Å². The summed E-state index contributed by atoms with van der Waals surface area (Å²) in [6, 6.07) is 5.35. The number of carbonyl (C=O) groups excluding carboxylic acids is 1. The van der Waals surface area contributed by atoms with Crippen molar-refractivity contribution in [3.8, 4) is 5.75 Å². The molecule has 4 heteroatoms. The predicted molar refractivity (Wildman–Crippen MR) is 59.2 cm³/mol. The maximum atomic E-state index is 11.9. The van der Waals surface area contributed by atoms with Gasteiger partial charge in [-0.3, -0.25) is 4.79 Å². The molecule has 0 radical (unpaired) electrons. The zero-order valence-corrected chi connectivity index (χ0v) is 8.93. The third-order valence-electron chi connectivity index (χ3n) is 3.12. The molecular formula is C11H11NO2S. The average Bonchev–Trinajstić information content (AvgIpc) is 2.16. The number of nitrogens with one attached hydrogen (secondary N) is 1. The van der Waals surface area contributed by atoms with E-state index in [1.807, 2.05) is 12.1 Å². The van der Waals surface area contributed by atoms with E-state index in [0.717, 1.165) is 24.2 Å². The fraction of sp³-hybridized carbons (Fsp3) is 0.364. The number of phenolic OH excluding ortho intramolecular Hbond substituents is 1. The van der Waals surface area contributed by atoms with Crippen LogP contribution in [-0.2, 0) is 4.79 Å². The number of rotatable bonds is 0. The summed E-state index contributed by atoms with van der Waals surface area (Å²) in [5.41, 5.74) is 0.574. The van der Waals surface area contributed by atoms with Crippen molar-refractivity contribution in [2.45, 2.75) is 28.9 Å². The molecule has 0 atom stereocenters. The van der Waals surface area contributed by atoms with Crippen molar-refractivity contribution in [1.29, 1.82) is 0 Å². The number of hydrogen-bond donors (Lipinski definition) is 2.